The number of benzene rings is 1. The second-order valence-electron chi connectivity index (χ2n) is 9.83. The predicted molar refractivity (Wildman–Crippen MR) is 118 cm³/mol. The molecule has 0 bridgehead atoms. The molecule has 8 heteroatoms. The largest absolute Gasteiger partial charge is 0.338 e. The van der Waals surface area contributed by atoms with Crippen molar-refractivity contribution in [1.29, 1.82) is 0 Å². The van der Waals surface area contributed by atoms with E-state index in [1.54, 1.807) is 24.3 Å². The van der Waals surface area contributed by atoms with E-state index in [-0.39, 0.29) is 23.7 Å². The first-order valence-corrected chi connectivity index (χ1v) is 12.7. The van der Waals surface area contributed by atoms with Gasteiger partial charge in [-0.3, -0.25) is 9.59 Å². The van der Waals surface area contributed by atoms with Crippen molar-refractivity contribution in [2.75, 3.05) is 32.7 Å². The lowest BCUT2D eigenvalue weighted by Gasteiger charge is -2.48. The highest BCUT2D eigenvalue weighted by Crippen LogP contribution is 2.34. The lowest BCUT2D eigenvalue weighted by molar-refractivity contribution is -0.152. The SMILES string of the molecule is Cc1ccc(S(=O)(=O)N2CCC(C(=O)N3CCN(C(=O)C4CC4)CC3(C)C)CC2)cc1. The fraction of sp³-hybridized carbons (Fsp3) is 0.652. The van der Waals surface area contributed by atoms with Crippen LogP contribution in [0.25, 0.3) is 0 Å². The Morgan fingerprint density at radius 3 is 2.00 bits per heavy atom. The van der Waals surface area contributed by atoms with E-state index >= 15 is 0 Å². The summed E-state index contributed by atoms with van der Waals surface area (Å²) < 4.78 is 27.4. The third kappa shape index (κ3) is 4.51. The van der Waals surface area contributed by atoms with E-state index < -0.39 is 15.6 Å². The molecule has 1 aromatic rings. The van der Waals surface area contributed by atoms with Crippen molar-refractivity contribution < 1.29 is 18.0 Å². The molecule has 2 aliphatic heterocycles. The number of piperidine rings is 1. The van der Waals surface area contributed by atoms with E-state index in [1.165, 1.54) is 4.31 Å². The van der Waals surface area contributed by atoms with Gasteiger partial charge >= 0.3 is 0 Å². The molecule has 0 aromatic heterocycles. The highest BCUT2D eigenvalue weighted by atomic mass is 32.2. The standard InChI is InChI=1S/C23H33N3O4S/c1-17-4-8-20(9-5-17)31(29,30)25-12-10-19(11-13-25)22(28)26-15-14-24(16-23(26,2)3)21(27)18-6-7-18/h4-5,8-9,18-19H,6-7,10-16H2,1-3H3. The Morgan fingerprint density at radius 2 is 1.45 bits per heavy atom. The monoisotopic (exact) mass is 447 g/mol. The van der Waals surface area contributed by atoms with Gasteiger partial charge in [-0.15, -0.1) is 0 Å². The van der Waals surface area contributed by atoms with Gasteiger partial charge in [-0.1, -0.05) is 17.7 Å². The zero-order valence-corrected chi connectivity index (χ0v) is 19.5. The molecule has 31 heavy (non-hydrogen) atoms. The molecule has 7 nitrogen and oxygen atoms in total. The summed E-state index contributed by atoms with van der Waals surface area (Å²) in [4.78, 5) is 29.9. The van der Waals surface area contributed by atoms with Gasteiger partial charge in [0.1, 0.15) is 0 Å². The van der Waals surface area contributed by atoms with Gasteiger partial charge in [-0.25, -0.2) is 8.42 Å². The first-order valence-electron chi connectivity index (χ1n) is 11.3. The van der Waals surface area contributed by atoms with Crippen molar-refractivity contribution in [2.24, 2.45) is 11.8 Å². The number of carbonyl (C=O) groups excluding carboxylic acids is 2. The zero-order valence-electron chi connectivity index (χ0n) is 18.7. The third-order valence-corrected chi connectivity index (χ3v) is 8.78. The molecule has 0 unspecified atom stereocenters. The Labute approximate surface area is 185 Å². The number of aryl methyl sites for hydroxylation is 1. The van der Waals surface area contributed by atoms with Gasteiger partial charge in [0.15, 0.2) is 0 Å². The molecule has 0 radical (unpaired) electrons. The summed E-state index contributed by atoms with van der Waals surface area (Å²) in [5.74, 6) is 0.345. The van der Waals surface area contributed by atoms with Crippen LogP contribution < -0.4 is 0 Å². The van der Waals surface area contributed by atoms with E-state index in [1.807, 2.05) is 30.6 Å². The second kappa shape index (κ2) is 8.20. The van der Waals surface area contributed by atoms with Crippen LogP contribution in [0.15, 0.2) is 29.2 Å². The van der Waals surface area contributed by atoms with Crippen LogP contribution in [0, 0.1) is 18.8 Å². The van der Waals surface area contributed by atoms with Gasteiger partial charge in [0, 0.05) is 44.6 Å². The first-order chi connectivity index (χ1) is 14.6. The summed E-state index contributed by atoms with van der Waals surface area (Å²) in [6.45, 7) is 8.38. The molecule has 3 aliphatic rings. The molecule has 2 heterocycles. The summed E-state index contributed by atoms with van der Waals surface area (Å²) in [6.07, 6.45) is 3.04. The smallest absolute Gasteiger partial charge is 0.243 e. The van der Waals surface area contributed by atoms with Crippen LogP contribution in [0.2, 0.25) is 0 Å². The van der Waals surface area contributed by atoms with Gasteiger partial charge in [-0.05, 0) is 58.6 Å². The minimum Gasteiger partial charge on any atom is -0.338 e. The molecular formula is C23H33N3O4S. The Hall–Kier alpha value is -1.93. The molecule has 0 atom stereocenters. The van der Waals surface area contributed by atoms with Crippen molar-refractivity contribution in [3.05, 3.63) is 29.8 Å². The van der Waals surface area contributed by atoms with Crippen molar-refractivity contribution in [3.63, 3.8) is 0 Å². The third-order valence-electron chi connectivity index (χ3n) is 6.87. The molecule has 1 aliphatic carbocycles. The molecule has 4 rings (SSSR count). The van der Waals surface area contributed by atoms with Crippen LogP contribution in [0.1, 0.15) is 45.1 Å². The summed E-state index contributed by atoms with van der Waals surface area (Å²) in [5.41, 5.74) is 0.607. The van der Waals surface area contributed by atoms with Crippen molar-refractivity contribution in [1.82, 2.24) is 14.1 Å². The summed E-state index contributed by atoms with van der Waals surface area (Å²) >= 11 is 0. The fourth-order valence-corrected chi connectivity index (χ4v) is 6.23. The number of carbonyl (C=O) groups is 2. The molecule has 1 aromatic carbocycles. The summed E-state index contributed by atoms with van der Waals surface area (Å²) in [7, 11) is -3.53. The summed E-state index contributed by atoms with van der Waals surface area (Å²) in [5, 5.41) is 0. The van der Waals surface area contributed by atoms with Gasteiger partial charge in [0.2, 0.25) is 21.8 Å². The van der Waals surface area contributed by atoms with E-state index in [9.17, 15) is 18.0 Å². The van der Waals surface area contributed by atoms with Crippen LogP contribution in [0.3, 0.4) is 0 Å². The minimum atomic E-state index is -3.53. The van der Waals surface area contributed by atoms with Gasteiger partial charge in [0.25, 0.3) is 0 Å². The number of piperazine rings is 1. The van der Waals surface area contributed by atoms with Crippen LogP contribution in [-0.2, 0) is 19.6 Å². The van der Waals surface area contributed by atoms with E-state index in [0.717, 1.165) is 18.4 Å². The normalized spacial score (nSPS) is 23.1. The predicted octanol–water partition coefficient (Wildman–Crippen LogP) is 2.26. The average molecular weight is 448 g/mol. The van der Waals surface area contributed by atoms with Crippen molar-refractivity contribution >= 4 is 21.8 Å². The number of rotatable bonds is 4. The molecule has 0 spiro atoms. The maximum atomic E-state index is 13.3. The number of hydrogen-bond donors (Lipinski definition) is 0. The van der Waals surface area contributed by atoms with Gasteiger partial charge in [-0.2, -0.15) is 4.31 Å². The fourth-order valence-electron chi connectivity index (χ4n) is 4.76. The van der Waals surface area contributed by atoms with E-state index in [2.05, 4.69) is 0 Å². The van der Waals surface area contributed by atoms with E-state index in [0.29, 0.717) is 50.5 Å². The molecule has 170 valence electrons. The number of sulfonamides is 1. The molecule has 2 saturated heterocycles. The van der Waals surface area contributed by atoms with E-state index in [4.69, 9.17) is 0 Å². The Balaban J connectivity index is 1.37. The highest BCUT2D eigenvalue weighted by Gasteiger charge is 2.44. The highest BCUT2D eigenvalue weighted by molar-refractivity contribution is 7.89. The number of hydrogen-bond acceptors (Lipinski definition) is 4. The van der Waals surface area contributed by atoms with Crippen LogP contribution >= 0.6 is 0 Å². The lowest BCUT2D eigenvalue weighted by Crippen LogP contribution is -2.63. The quantitative estimate of drug-likeness (QED) is 0.709. The minimum absolute atomic E-state index is 0.0934. The maximum absolute atomic E-state index is 13.3. The van der Waals surface area contributed by atoms with Gasteiger partial charge < -0.3 is 9.80 Å². The van der Waals surface area contributed by atoms with Crippen LogP contribution in [-0.4, -0.2) is 72.6 Å². The summed E-state index contributed by atoms with van der Waals surface area (Å²) in [6, 6.07) is 6.90. The average Bonchev–Trinajstić information content (AvgIpc) is 3.58. The number of nitrogens with zero attached hydrogens (tertiary/aromatic N) is 3. The molecule has 0 N–H and O–H groups in total. The Kier molecular flexibility index (Phi) is 5.89. The molecule has 1 saturated carbocycles. The maximum Gasteiger partial charge on any atom is 0.243 e. The van der Waals surface area contributed by atoms with Crippen LogP contribution in [0.5, 0.6) is 0 Å². The lowest BCUT2D eigenvalue weighted by atomic mass is 9.91. The number of amides is 2. The molecular weight excluding hydrogens is 414 g/mol. The Morgan fingerprint density at radius 1 is 0.871 bits per heavy atom. The first kappa shape index (κ1) is 22.3. The second-order valence-corrected chi connectivity index (χ2v) is 11.8. The molecule has 3 fully saturated rings. The molecule has 2 amide bonds. The van der Waals surface area contributed by atoms with Crippen molar-refractivity contribution in [2.45, 2.75) is 56.9 Å². The Bertz CT molecular complexity index is 946. The van der Waals surface area contributed by atoms with Crippen LogP contribution in [0.4, 0.5) is 0 Å². The van der Waals surface area contributed by atoms with Gasteiger partial charge in [0.05, 0.1) is 10.4 Å². The topological polar surface area (TPSA) is 78.0 Å². The zero-order chi connectivity index (χ0) is 22.4. The van der Waals surface area contributed by atoms with Crippen molar-refractivity contribution in [3.8, 4) is 0 Å².